The summed E-state index contributed by atoms with van der Waals surface area (Å²) in [7, 11) is 0. The molecule has 0 saturated heterocycles. The van der Waals surface area contributed by atoms with E-state index < -0.39 is 0 Å². The van der Waals surface area contributed by atoms with Gasteiger partial charge in [-0.2, -0.15) is 4.52 Å². The monoisotopic (exact) mass is 221 g/mol. The number of benzene rings is 1. The van der Waals surface area contributed by atoms with Gasteiger partial charge in [-0.25, -0.2) is 4.98 Å². The third kappa shape index (κ3) is 1.08. The summed E-state index contributed by atoms with van der Waals surface area (Å²) in [5.74, 6) is 0. The largest absolute Gasteiger partial charge is 0.262 e. The Morgan fingerprint density at radius 1 is 1.00 bits per heavy atom. The molecule has 3 heterocycles. The van der Waals surface area contributed by atoms with Crippen molar-refractivity contribution < 1.29 is 0 Å². The fraction of sp³-hybridized carbons (Fsp3) is 0. The van der Waals surface area contributed by atoms with Crippen LogP contribution in [-0.4, -0.2) is 24.8 Å². The van der Waals surface area contributed by atoms with Gasteiger partial charge < -0.3 is 0 Å². The highest BCUT2D eigenvalue weighted by Crippen LogP contribution is 2.20. The van der Waals surface area contributed by atoms with Gasteiger partial charge in [-0.1, -0.05) is 17.3 Å². The lowest BCUT2D eigenvalue weighted by Crippen LogP contribution is -1.95. The first-order valence-corrected chi connectivity index (χ1v) is 5.27. The molecule has 5 heteroatoms. The Labute approximate surface area is 95.7 Å². The van der Waals surface area contributed by atoms with E-state index in [0.29, 0.717) is 0 Å². The van der Waals surface area contributed by atoms with Crippen molar-refractivity contribution >= 4 is 27.6 Å². The number of aromatic nitrogens is 5. The molecular formula is C12H7N5. The predicted octanol–water partition coefficient (Wildman–Crippen LogP) is 1.83. The third-order valence-electron chi connectivity index (χ3n) is 2.82. The lowest BCUT2D eigenvalue weighted by Gasteiger charge is -1.97. The second kappa shape index (κ2) is 2.98. The van der Waals surface area contributed by atoms with Crippen molar-refractivity contribution in [2.75, 3.05) is 0 Å². The van der Waals surface area contributed by atoms with Gasteiger partial charge >= 0.3 is 0 Å². The smallest absolute Gasteiger partial charge is 0.166 e. The number of imidazole rings is 1. The maximum Gasteiger partial charge on any atom is 0.166 e. The molecule has 0 aliphatic carbocycles. The number of hydrogen-bond donors (Lipinski definition) is 0. The lowest BCUT2D eigenvalue weighted by atomic mass is 10.2. The molecule has 0 aliphatic heterocycles. The summed E-state index contributed by atoms with van der Waals surface area (Å²) in [5, 5.41) is 9.36. The molecule has 0 bridgehead atoms. The first-order valence-electron chi connectivity index (χ1n) is 5.27. The molecule has 4 aromatic rings. The molecule has 0 atom stereocenters. The van der Waals surface area contributed by atoms with Crippen molar-refractivity contribution in [2.24, 2.45) is 0 Å². The van der Waals surface area contributed by atoms with Crippen molar-refractivity contribution in [3.8, 4) is 0 Å². The van der Waals surface area contributed by atoms with Crippen LogP contribution in [0, 0.1) is 0 Å². The minimum atomic E-state index is 0.818. The minimum absolute atomic E-state index is 0.818. The van der Waals surface area contributed by atoms with E-state index in [1.165, 1.54) is 0 Å². The maximum atomic E-state index is 4.54. The van der Waals surface area contributed by atoms with E-state index >= 15 is 0 Å². The van der Waals surface area contributed by atoms with Crippen LogP contribution in [0.25, 0.3) is 27.6 Å². The van der Waals surface area contributed by atoms with E-state index in [1.54, 1.807) is 16.9 Å². The first-order chi connectivity index (χ1) is 8.43. The van der Waals surface area contributed by atoms with E-state index in [-0.39, 0.29) is 0 Å². The highest BCUT2D eigenvalue weighted by Gasteiger charge is 2.08. The molecule has 0 aliphatic rings. The van der Waals surface area contributed by atoms with Gasteiger partial charge in [-0.15, -0.1) is 5.10 Å². The molecule has 0 unspecified atom stereocenters. The van der Waals surface area contributed by atoms with Crippen LogP contribution in [0.15, 0.2) is 42.7 Å². The normalized spacial score (nSPS) is 11.5. The molecule has 3 aromatic heterocycles. The van der Waals surface area contributed by atoms with Crippen LogP contribution in [-0.2, 0) is 0 Å². The Morgan fingerprint density at radius 3 is 2.94 bits per heavy atom. The van der Waals surface area contributed by atoms with Crippen molar-refractivity contribution in [1.29, 1.82) is 0 Å². The average Bonchev–Trinajstić information content (AvgIpc) is 2.78. The summed E-state index contributed by atoms with van der Waals surface area (Å²) in [4.78, 5) is 8.61. The van der Waals surface area contributed by atoms with Crippen molar-refractivity contribution in [3.05, 3.63) is 42.7 Å². The van der Waals surface area contributed by atoms with Gasteiger partial charge in [0, 0.05) is 11.6 Å². The minimum Gasteiger partial charge on any atom is -0.262 e. The average molecular weight is 221 g/mol. The zero-order valence-corrected chi connectivity index (χ0v) is 8.78. The van der Waals surface area contributed by atoms with Gasteiger partial charge in [0.2, 0.25) is 0 Å². The molecule has 0 N–H and O–H groups in total. The Hall–Kier alpha value is -2.56. The second-order valence-electron chi connectivity index (χ2n) is 3.82. The van der Waals surface area contributed by atoms with Crippen molar-refractivity contribution in [1.82, 2.24) is 24.8 Å². The van der Waals surface area contributed by atoms with Gasteiger partial charge in [0.05, 0.1) is 17.2 Å². The molecule has 0 amide bonds. The van der Waals surface area contributed by atoms with Crippen LogP contribution in [0.1, 0.15) is 0 Å². The maximum absolute atomic E-state index is 4.54. The fourth-order valence-corrected chi connectivity index (χ4v) is 2.03. The fourth-order valence-electron chi connectivity index (χ4n) is 2.03. The topological polar surface area (TPSA) is 56.0 Å². The van der Waals surface area contributed by atoms with Crippen LogP contribution in [0.5, 0.6) is 0 Å². The van der Waals surface area contributed by atoms with Crippen LogP contribution in [0.3, 0.4) is 0 Å². The Balaban J connectivity index is 2.34. The summed E-state index contributed by atoms with van der Waals surface area (Å²) in [6, 6.07) is 9.73. The molecule has 0 spiro atoms. The van der Waals surface area contributed by atoms with Crippen LogP contribution in [0.4, 0.5) is 0 Å². The summed E-state index contributed by atoms with van der Waals surface area (Å²) >= 11 is 0. The van der Waals surface area contributed by atoms with Gasteiger partial charge in [-0.3, -0.25) is 4.98 Å². The highest BCUT2D eigenvalue weighted by molar-refractivity contribution is 5.94. The van der Waals surface area contributed by atoms with E-state index in [1.807, 2.05) is 30.3 Å². The van der Waals surface area contributed by atoms with Crippen molar-refractivity contribution in [3.63, 3.8) is 0 Å². The molecule has 80 valence electrons. The molecule has 17 heavy (non-hydrogen) atoms. The number of pyridine rings is 1. The first kappa shape index (κ1) is 8.58. The molecule has 1 aromatic carbocycles. The summed E-state index contributed by atoms with van der Waals surface area (Å²) in [5.41, 5.74) is 3.42. The summed E-state index contributed by atoms with van der Waals surface area (Å²) < 4.78 is 1.75. The van der Waals surface area contributed by atoms with Gasteiger partial charge in [0.1, 0.15) is 5.52 Å². The molecular weight excluding hydrogens is 214 g/mol. The number of nitrogens with zero attached hydrogens (tertiary/aromatic N) is 5. The Kier molecular flexibility index (Phi) is 1.50. The highest BCUT2D eigenvalue weighted by atomic mass is 15.4. The number of fused-ring (bicyclic) bond motifs is 5. The lowest BCUT2D eigenvalue weighted by molar-refractivity contribution is 0.850. The third-order valence-corrected chi connectivity index (χ3v) is 2.82. The standard InChI is InChI=1S/C12H7N5/c1-2-4-9-8(3-1)12-14-10-7-13-6-5-11(10)17(12)16-15-9/h1-7H. The molecule has 0 fully saturated rings. The zero-order chi connectivity index (χ0) is 11.2. The van der Waals surface area contributed by atoms with Crippen molar-refractivity contribution in [2.45, 2.75) is 0 Å². The van der Waals surface area contributed by atoms with Gasteiger partial charge in [0.25, 0.3) is 0 Å². The molecule has 5 nitrogen and oxygen atoms in total. The van der Waals surface area contributed by atoms with Gasteiger partial charge in [-0.05, 0) is 18.2 Å². The number of hydrogen-bond acceptors (Lipinski definition) is 4. The number of rotatable bonds is 0. The second-order valence-corrected chi connectivity index (χ2v) is 3.82. The van der Waals surface area contributed by atoms with Gasteiger partial charge in [0.15, 0.2) is 5.65 Å². The Bertz CT molecular complexity index is 849. The molecule has 0 saturated carbocycles. The quantitative estimate of drug-likeness (QED) is 0.454. The molecule has 4 rings (SSSR count). The van der Waals surface area contributed by atoms with E-state index in [4.69, 9.17) is 0 Å². The van der Waals surface area contributed by atoms with Crippen LogP contribution in [0.2, 0.25) is 0 Å². The van der Waals surface area contributed by atoms with E-state index in [9.17, 15) is 0 Å². The zero-order valence-electron chi connectivity index (χ0n) is 8.78. The van der Waals surface area contributed by atoms with E-state index in [2.05, 4.69) is 20.3 Å². The van der Waals surface area contributed by atoms with E-state index in [0.717, 1.165) is 27.6 Å². The predicted molar refractivity (Wildman–Crippen MR) is 63.6 cm³/mol. The Morgan fingerprint density at radius 2 is 1.94 bits per heavy atom. The SMILES string of the molecule is c1ccc2c(c1)nnn1c3ccncc3nc21. The van der Waals surface area contributed by atoms with Crippen LogP contribution < -0.4 is 0 Å². The molecule has 0 radical (unpaired) electrons. The van der Waals surface area contributed by atoms with Crippen LogP contribution >= 0.6 is 0 Å². The summed E-state index contributed by atoms with van der Waals surface area (Å²) in [6.45, 7) is 0. The summed E-state index contributed by atoms with van der Waals surface area (Å²) in [6.07, 6.45) is 3.46.